The molecule has 0 saturated carbocycles. The van der Waals surface area contributed by atoms with E-state index < -0.39 is 0 Å². The van der Waals surface area contributed by atoms with Crippen molar-refractivity contribution < 1.29 is 9.53 Å². The molecular formula is C23H20N4O2. The van der Waals surface area contributed by atoms with E-state index in [1.165, 1.54) is 11.8 Å². The van der Waals surface area contributed by atoms with Crippen molar-refractivity contribution >= 4 is 11.6 Å². The highest BCUT2D eigenvalue weighted by Gasteiger charge is 2.11. The quantitative estimate of drug-likeness (QED) is 0.520. The zero-order valence-electron chi connectivity index (χ0n) is 15.7. The van der Waals surface area contributed by atoms with E-state index in [1.54, 1.807) is 29.2 Å². The van der Waals surface area contributed by atoms with E-state index in [0.717, 1.165) is 6.42 Å². The van der Waals surface area contributed by atoms with Crippen LogP contribution in [0.4, 0.5) is 5.69 Å². The highest BCUT2D eigenvalue weighted by molar-refractivity contribution is 6.04. The molecule has 0 unspecified atom stereocenters. The molecule has 144 valence electrons. The Kier molecular flexibility index (Phi) is 5.62. The van der Waals surface area contributed by atoms with Crippen LogP contribution in [0.2, 0.25) is 0 Å². The molecule has 0 spiro atoms. The fourth-order valence-electron chi connectivity index (χ4n) is 2.87. The Morgan fingerprint density at radius 3 is 2.55 bits per heavy atom. The summed E-state index contributed by atoms with van der Waals surface area (Å²) in [5.74, 6) is 1.04. The zero-order chi connectivity index (χ0) is 19.9. The molecule has 6 heteroatoms. The summed E-state index contributed by atoms with van der Waals surface area (Å²) in [6, 6.07) is 22.8. The van der Waals surface area contributed by atoms with Crippen molar-refractivity contribution in [2.24, 2.45) is 0 Å². The van der Waals surface area contributed by atoms with Crippen LogP contribution < -0.4 is 10.1 Å². The monoisotopic (exact) mass is 384 g/mol. The average Bonchev–Trinajstić information content (AvgIpc) is 3.31. The minimum atomic E-state index is -0.247. The van der Waals surface area contributed by atoms with Crippen LogP contribution in [0.1, 0.15) is 15.9 Å². The molecule has 0 aliphatic heterocycles. The number of pyridine rings is 1. The van der Waals surface area contributed by atoms with Crippen LogP contribution in [0.15, 0.2) is 91.4 Å². The first kappa shape index (κ1) is 18.4. The number of para-hydroxylation sites is 2. The lowest BCUT2D eigenvalue weighted by molar-refractivity contribution is 0.102. The van der Waals surface area contributed by atoms with Crippen LogP contribution in [0.25, 0.3) is 5.82 Å². The van der Waals surface area contributed by atoms with Crippen LogP contribution in [0, 0.1) is 0 Å². The second-order valence-corrected chi connectivity index (χ2v) is 6.39. The van der Waals surface area contributed by atoms with Gasteiger partial charge in [0.15, 0.2) is 5.82 Å². The number of amides is 1. The lowest BCUT2D eigenvalue weighted by Crippen LogP contribution is -2.14. The SMILES string of the molecule is O=C(Nc1ccccc1OCCc1ccccc1)c1ccc(-n2cccn2)nc1. The van der Waals surface area contributed by atoms with Crippen LogP contribution in [-0.2, 0) is 6.42 Å². The zero-order valence-corrected chi connectivity index (χ0v) is 15.7. The molecule has 0 atom stereocenters. The van der Waals surface area contributed by atoms with E-state index in [9.17, 15) is 4.79 Å². The highest BCUT2D eigenvalue weighted by Crippen LogP contribution is 2.24. The Balaban J connectivity index is 1.40. The number of aromatic nitrogens is 3. The molecule has 0 aliphatic carbocycles. The van der Waals surface area contributed by atoms with Gasteiger partial charge in [-0.05, 0) is 35.9 Å². The third-order valence-electron chi connectivity index (χ3n) is 4.38. The predicted molar refractivity (Wildman–Crippen MR) is 111 cm³/mol. The summed E-state index contributed by atoms with van der Waals surface area (Å²) in [7, 11) is 0. The normalized spacial score (nSPS) is 10.5. The van der Waals surface area contributed by atoms with E-state index in [2.05, 4.69) is 27.5 Å². The van der Waals surface area contributed by atoms with Gasteiger partial charge in [0.2, 0.25) is 0 Å². The summed E-state index contributed by atoms with van der Waals surface area (Å²) in [4.78, 5) is 16.9. The second-order valence-electron chi connectivity index (χ2n) is 6.39. The van der Waals surface area contributed by atoms with E-state index >= 15 is 0 Å². The number of hydrogen-bond acceptors (Lipinski definition) is 4. The third kappa shape index (κ3) is 4.68. The van der Waals surface area contributed by atoms with Gasteiger partial charge in [-0.1, -0.05) is 42.5 Å². The molecule has 0 fully saturated rings. The molecule has 4 rings (SSSR count). The summed E-state index contributed by atoms with van der Waals surface area (Å²) >= 11 is 0. The molecule has 4 aromatic rings. The number of benzene rings is 2. The molecular weight excluding hydrogens is 364 g/mol. The molecule has 1 amide bonds. The van der Waals surface area contributed by atoms with E-state index in [-0.39, 0.29) is 5.91 Å². The van der Waals surface area contributed by atoms with Gasteiger partial charge in [0, 0.05) is 25.0 Å². The Labute approximate surface area is 168 Å². The van der Waals surface area contributed by atoms with E-state index in [0.29, 0.717) is 29.4 Å². The van der Waals surface area contributed by atoms with Gasteiger partial charge < -0.3 is 10.1 Å². The van der Waals surface area contributed by atoms with Crippen molar-refractivity contribution in [3.8, 4) is 11.6 Å². The molecule has 1 N–H and O–H groups in total. The molecule has 2 aromatic carbocycles. The summed E-state index contributed by atoms with van der Waals surface area (Å²) in [5.41, 5.74) is 2.29. The lowest BCUT2D eigenvalue weighted by atomic mass is 10.2. The Morgan fingerprint density at radius 1 is 0.966 bits per heavy atom. The minimum absolute atomic E-state index is 0.247. The molecule has 2 aromatic heterocycles. The maximum atomic E-state index is 12.6. The van der Waals surface area contributed by atoms with Gasteiger partial charge in [-0.15, -0.1) is 0 Å². The smallest absolute Gasteiger partial charge is 0.257 e. The molecule has 2 heterocycles. The van der Waals surface area contributed by atoms with Crippen molar-refractivity contribution in [1.29, 1.82) is 0 Å². The molecule has 6 nitrogen and oxygen atoms in total. The topological polar surface area (TPSA) is 69.0 Å². The lowest BCUT2D eigenvalue weighted by Gasteiger charge is -2.12. The highest BCUT2D eigenvalue weighted by atomic mass is 16.5. The van der Waals surface area contributed by atoms with Gasteiger partial charge in [-0.3, -0.25) is 4.79 Å². The number of nitrogens with one attached hydrogen (secondary N) is 1. The first-order chi connectivity index (χ1) is 14.3. The van der Waals surface area contributed by atoms with Crippen molar-refractivity contribution in [1.82, 2.24) is 14.8 Å². The average molecular weight is 384 g/mol. The molecule has 0 radical (unpaired) electrons. The summed E-state index contributed by atoms with van der Waals surface area (Å²) in [6.45, 7) is 0.525. The van der Waals surface area contributed by atoms with Crippen molar-refractivity contribution in [3.63, 3.8) is 0 Å². The molecule has 0 aliphatic rings. The van der Waals surface area contributed by atoms with Gasteiger partial charge in [0.1, 0.15) is 5.75 Å². The van der Waals surface area contributed by atoms with Crippen molar-refractivity contribution in [2.75, 3.05) is 11.9 Å². The van der Waals surface area contributed by atoms with Crippen molar-refractivity contribution in [3.05, 3.63) is 103 Å². The number of rotatable bonds is 7. The Hall–Kier alpha value is -3.93. The van der Waals surface area contributed by atoms with Gasteiger partial charge in [0.25, 0.3) is 5.91 Å². The maximum absolute atomic E-state index is 12.6. The predicted octanol–water partition coefficient (Wildman–Crippen LogP) is 4.14. The van der Waals surface area contributed by atoms with E-state index in [4.69, 9.17) is 4.74 Å². The fourth-order valence-corrected chi connectivity index (χ4v) is 2.87. The Morgan fingerprint density at radius 2 is 1.79 bits per heavy atom. The number of anilines is 1. The van der Waals surface area contributed by atoms with Gasteiger partial charge in [-0.2, -0.15) is 5.10 Å². The Bertz CT molecular complexity index is 1060. The largest absolute Gasteiger partial charge is 0.491 e. The van der Waals surface area contributed by atoms with Gasteiger partial charge >= 0.3 is 0 Å². The number of hydrogen-bond donors (Lipinski definition) is 1. The van der Waals surface area contributed by atoms with Gasteiger partial charge in [-0.25, -0.2) is 9.67 Å². The molecule has 0 bridgehead atoms. The first-order valence-electron chi connectivity index (χ1n) is 9.33. The number of nitrogens with zero attached hydrogens (tertiary/aromatic N) is 3. The summed E-state index contributed by atoms with van der Waals surface area (Å²) in [6.07, 6.45) is 5.80. The first-order valence-corrected chi connectivity index (χ1v) is 9.33. The molecule has 29 heavy (non-hydrogen) atoms. The van der Waals surface area contributed by atoms with Crippen LogP contribution in [0.5, 0.6) is 5.75 Å². The minimum Gasteiger partial charge on any atom is -0.491 e. The maximum Gasteiger partial charge on any atom is 0.257 e. The van der Waals surface area contributed by atoms with E-state index in [1.807, 2.05) is 48.5 Å². The van der Waals surface area contributed by atoms with Crippen LogP contribution >= 0.6 is 0 Å². The third-order valence-corrected chi connectivity index (χ3v) is 4.38. The molecule has 0 saturated heterocycles. The second kappa shape index (κ2) is 8.84. The van der Waals surface area contributed by atoms with Crippen LogP contribution in [0.3, 0.4) is 0 Å². The standard InChI is InChI=1S/C23H20N4O2/c28-23(19-11-12-22(24-17-19)27-15-6-14-25-27)26-20-9-4-5-10-21(20)29-16-13-18-7-2-1-3-8-18/h1-12,14-15,17H,13,16H2,(H,26,28). The fraction of sp³-hybridized carbons (Fsp3) is 0.0870. The summed E-state index contributed by atoms with van der Waals surface area (Å²) in [5, 5.41) is 7.03. The van der Waals surface area contributed by atoms with Crippen LogP contribution in [-0.4, -0.2) is 27.3 Å². The van der Waals surface area contributed by atoms with Crippen molar-refractivity contribution in [2.45, 2.75) is 6.42 Å². The van der Waals surface area contributed by atoms with Gasteiger partial charge in [0.05, 0.1) is 17.9 Å². The number of carbonyl (C=O) groups excluding carboxylic acids is 1. The number of carbonyl (C=O) groups is 1. The number of ether oxygens (including phenoxy) is 1. The summed E-state index contributed by atoms with van der Waals surface area (Å²) < 4.78 is 7.54.